The molecule has 0 bridgehead atoms. The highest BCUT2D eigenvalue weighted by Crippen LogP contribution is 2.25. The zero-order chi connectivity index (χ0) is 21.0. The molecule has 1 aromatic heterocycles. The van der Waals surface area contributed by atoms with Crippen molar-refractivity contribution in [3.63, 3.8) is 0 Å². The minimum absolute atomic E-state index is 0.148. The molecule has 1 atom stereocenters. The number of hydrogen-bond donors (Lipinski definition) is 1. The number of benzene rings is 1. The van der Waals surface area contributed by atoms with Crippen LogP contribution in [0.2, 0.25) is 0 Å². The molecule has 9 heteroatoms. The number of nitrogens with zero attached hydrogens (tertiary/aromatic N) is 2. The summed E-state index contributed by atoms with van der Waals surface area (Å²) in [6, 6.07) is 7.28. The van der Waals surface area contributed by atoms with Gasteiger partial charge in [0.25, 0.3) is 0 Å². The van der Waals surface area contributed by atoms with E-state index in [9.17, 15) is 17.6 Å². The van der Waals surface area contributed by atoms with E-state index in [-0.39, 0.29) is 41.6 Å². The van der Waals surface area contributed by atoms with Gasteiger partial charge in [0.05, 0.1) is 13.2 Å². The van der Waals surface area contributed by atoms with E-state index in [1.165, 1.54) is 42.0 Å². The lowest BCUT2D eigenvalue weighted by molar-refractivity contribution is -0.126. The molecule has 2 aromatic rings. The zero-order valence-corrected chi connectivity index (χ0v) is 17.2. The van der Waals surface area contributed by atoms with Crippen molar-refractivity contribution in [2.75, 3.05) is 20.2 Å². The van der Waals surface area contributed by atoms with Gasteiger partial charge in [0.15, 0.2) is 11.6 Å². The van der Waals surface area contributed by atoms with Gasteiger partial charge in [-0.15, -0.1) is 0 Å². The standard InChI is InChI=1S/C20H24FN3O4S/c1-14(16-5-6-19(28-2)18(21)12-16)23-20(25)15-7-10-24(11-8-15)29(26,27)17-4-3-9-22-13-17/h3-6,9,12-15H,7-8,10-11H2,1-2H3,(H,23,25). The number of hydrogen-bond acceptors (Lipinski definition) is 5. The molecular formula is C20H24FN3O4S. The number of halogens is 1. The number of methoxy groups -OCH3 is 1. The average Bonchev–Trinajstić information content (AvgIpc) is 2.74. The topological polar surface area (TPSA) is 88.6 Å². The van der Waals surface area contributed by atoms with Gasteiger partial charge in [0.2, 0.25) is 15.9 Å². The molecule has 0 saturated carbocycles. The molecule has 1 fully saturated rings. The van der Waals surface area contributed by atoms with Crippen molar-refractivity contribution in [2.24, 2.45) is 5.92 Å². The van der Waals surface area contributed by atoms with Gasteiger partial charge in [-0.1, -0.05) is 6.07 Å². The number of carbonyl (C=O) groups is 1. The van der Waals surface area contributed by atoms with E-state index in [1.807, 2.05) is 0 Å². The SMILES string of the molecule is COc1ccc(C(C)NC(=O)C2CCN(S(=O)(=O)c3cccnc3)CC2)cc1F. The first-order valence-electron chi connectivity index (χ1n) is 9.37. The lowest BCUT2D eigenvalue weighted by atomic mass is 9.96. The fourth-order valence-electron chi connectivity index (χ4n) is 3.37. The fourth-order valence-corrected chi connectivity index (χ4v) is 4.81. The first-order valence-corrected chi connectivity index (χ1v) is 10.8. The number of piperidine rings is 1. The third-order valence-corrected chi connectivity index (χ3v) is 7.01. The highest BCUT2D eigenvalue weighted by atomic mass is 32.2. The lowest BCUT2D eigenvalue weighted by Crippen LogP contribution is -2.43. The van der Waals surface area contributed by atoms with Gasteiger partial charge < -0.3 is 10.1 Å². The second-order valence-corrected chi connectivity index (χ2v) is 8.93. The van der Waals surface area contributed by atoms with E-state index < -0.39 is 15.8 Å². The summed E-state index contributed by atoms with van der Waals surface area (Å²) in [6.07, 6.45) is 3.69. The van der Waals surface area contributed by atoms with E-state index in [4.69, 9.17) is 4.74 Å². The molecule has 0 radical (unpaired) electrons. The lowest BCUT2D eigenvalue weighted by Gasteiger charge is -2.31. The van der Waals surface area contributed by atoms with E-state index in [2.05, 4.69) is 10.3 Å². The van der Waals surface area contributed by atoms with Gasteiger partial charge in [0.1, 0.15) is 4.90 Å². The predicted molar refractivity (Wildman–Crippen MR) is 105 cm³/mol. The largest absolute Gasteiger partial charge is 0.494 e. The van der Waals surface area contributed by atoms with Gasteiger partial charge in [-0.05, 0) is 49.6 Å². The number of ether oxygens (including phenoxy) is 1. The van der Waals surface area contributed by atoms with E-state index in [0.29, 0.717) is 18.4 Å². The molecule has 29 heavy (non-hydrogen) atoms. The Balaban J connectivity index is 1.58. The minimum Gasteiger partial charge on any atom is -0.494 e. The van der Waals surface area contributed by atoms with Crippen LogP contribution in [0.15, 0.2) is 47.6 Å². The van der Waals surface area contributed by atoms with Crippen LogP contribution in [0.25, 0.3) is 0 Å². The quantitative estimate of drug-likeness (QED) is 0.774. The monoisotopic (exact) mass is 421 g/mol. The smallest absolute Gasteiger partial charge is 0.244 e. The number of nitrogens with one attached hydrogen (secondary N) is 1. The summed E-state index contributed by atoms with van der Waals surface area (Å²) in [5.41, 5.74) is 0.633. The maximum Gasteiger partial charge on any atom is 0.244 e. The highest BCUT2D eigenvalue weighted by molar-refractivity contribution is 7.89. The Hall–Kier alpha value is -2.52. The van der Waals surface area contributed by atoms with E-state index >= 15 is 0 Å². The molecule has 2 heterocycles. The normalized spacial score (nSPS) is 16.9. The Labute approximate surface area is 169 Å². The van der Waals surface area contributed by atoms with Crippen LogP contribution in [0.1, 0.15) is 31.4 Å². The summed E-state index contributed by atoms with van der Waals surface area (Å²) in [7, 11) is -2.21. The number of amides is 1. The van der Waals surface area contributed by atoms with Crippen molar-refractivity contribution in [2.45, 2.75) is 30.7 Å². The zero-order valence-electron chi connectivity index (χ0n) is 16.3. The fraction of sp³-hybridized carbons (Fsp3) is 0.400. The van der Waals surface area contributed by atoms with Crippen molar-refractivity contribution in [3.05, 3.63) is 54.1 Å². The van der Waals surface area contributed by atoms with Crippen molar-refractivity contribution >= 4 is 15.9 Å². The molecule has 0 spiro atoms. The van der Waals surface area contributed by atoms with Crippen LogP contribution in [-0.4, -0.2) is 43.8 Å². The van der Waals surface area contributed by atoms with Gasteiger partial charge in [-0.2, -0.15) is 4.31 Å². The van der Waals surface area contributed by atoms with Crippen LogP contribution < -0.4 is 10.1 Å². The van der Waals surface area contributed by atoms with Crippen LogP contribution in [0.5, 0.6) is 5.75 Å². The summed E-state index contributed by atoms with van der Waals surface area (Å²) in [5.74, 6) is -0.789. The molecule has 1 saturated heterocycles. The van der Waals surface area contributed by atoms with Gasteiger partial charge in [-0.3, -0.25) is 9.78 Å². The van der Waals surface area contributed by atoms with E-state index in [1.54, 1.807) is 19.1 Å². The Morgan fingerprint density at radius 3 is 2.62 bits per heavy atom. The molecule has 1 amide bonds. The molecule has 1 N–H and O–H groups in total. The number of carbonyl (C=O) groups excluding carboxylic acids is 1. The first kappa shape index (κ1) is 21.2. The Bertz CT molecular complexity index is 961. The summed E-state index contributed by atoms with van der Waals surface area (Å²) in [5, 5.41) is 2.89. The van der Waals surface area contributed by atoms with Crippen LogP contribution in [0.4, 0.5) is 4.39 Å². The molecule has 156 valence electrons. The van der Waals surface area contributed by atoms with Crippen molar-refractivity contribution in [1.29, 1.82) is 0 Å². The number of rotatable bonds is 6. The number of sulfonamides is 1. The molecule has 1 aliphatic heterocycles. The Morgan fingerprint density at radius 2 is 2.03 bits per heavy atom. The number of aromatic nitrogens is 1. The summed E-state index contributed by atoms with van der Waals surface area (Å²) in [6.45, 7) is 2.31. The van der Waals surface area contributed by atoms with Crippen molar-refractivity contribution < 1.29 is 22.3 Å². The van der Waals surface area contributed by atoms with Crippen LogP contribution in [-0.2, 0) is 14.8 Å². The van der Waals surface area contributed by atoms with Crippen LogP contribution >= 0.6 is 0 Å². The third-order valence-electron chi connectivity index (χ3n) is 5.13. The summed E-state index contributed by atoms with van der Waals surface area (Å²) >= 11 is 0. The van der Waals surface area contributed by atoms with Gasteiger partial charge >= 0.3 is 0 Å². The molecule has 3 rings (SSSR count). The Morgan fingerprint density at radius 1 is 1.31 bits per heavy atom. The molecule has 1 aromatic carbocycles. The highest BCUT2D eigenvalue weighted by Gasteiger charge is 2.32. The molecule has 1 unspecified atom stereocenters. The van der Waals surface area contributed by atoms with Crippen LogP contribution in [0, 0.1) is 11.7 Å². The second kappa shape index (κ2) is 8.87. The number of pyridine rings is 1. The Kier molecular flexibility index (Phi) is 6.49. The maximum absolute atomic E-state index is 13.9. The van der Waals surface area contributed by atoms with E-state index in [0.717, 1.165) is 0 Å². The van der Waals surface area contributed by atoms with Crippen LogP contribution in [0.3, 0.4) is 0 Å². The van der Waals surface area contributed by atoms with Gasteiger partial charge in [-0.25, -0.2) is 12.8 Å². The predicted octanol–water partition coefficient (Wildman–Crippen LogP) is 2.51. The summed E-state index contributed by atoms with van der Waals surface area (Å²) in [4.78, 5) is 16.6. The maximum atomic E-state index is 13.9. The molecule has 7 nitrogen and oxygen atoms in total. The molecular weight excluding hydrogens is 397 g/mol. The first-order chi connectivity index (χ1) is 13.8. The minimum atomic E-state index is -3.60. The average molecular weight is 421 g/mol. The van der Waals surface area contributed by atoms with Crippen molar-refractivity contribution in [1.82, 2.24) is 14.6 Å². The molecule has 0 aliphatic carbocycles. The van der Waals surface area contributed by atoms with Crippen molar-refractivity contribution in [3.8, 4) is 5.75 Å². The second-order valence-electron chi connectivity index (χ2n) is 6.99. The summed E-state index contributed by atoms with van der Waals surface area (Å²) < 4.78 is 45.5. The third kappa shape index (κ3) is 4.73. The van der Waals surface area contributed by atoms with Gasteiger partial charge in [0, 0.05) is 31.4 Å². The molecule has 1 aliphatic rings.